The van der Waals surface area contributed by atoms with Gasteiger partial charge in [-0.25, -0.2) is 14.4 Å². The quantitative estimate of drug-likeness (QED) is 0.0576. The molecule has 0 aromatic heterocycles. The van der Waals surface area contributed by atoms with Crippen LogP contribution in [0.4, 0.5) is 24.5 Å². The molecule has 0 spiro atoms. The number of nitrogens with one attached hydrogen (secondary N) is 2. The molecule has 4 rings (SSSR count). The first kappa shape index (κ1) is 40.1. The molecule has 0 bridgehead atoms. The topological polar surface area (TPSA) is 173 Å². The first-order valence-corrected chi connectivity index (χ1v) is 16.0. The molecular formula is C38H33F3N2O11. The van der Waals surface area contributed by atoms with Gasteiger partial charge in [-0.3, -0.25) is 14.4 Å². The molecule has 16 heteroatoms. The first-order valence-electron chi connectivity index (χ1n) is 16.0. The fourth-order valence-corrected chi connectivity index (χ4v) is 4.74. The fraction of sp³-hybridized carbons (Fsp3) is 0.211. The minimum Gasteiger partial charge on any atom is -0.462 e. The lowest BCUT2D eigenvalue weighted by Gasteiger charge is -2.14. The fourth-order valence-electron chi connectivity index (χ4n) is 4.74. The summed E-state index contributed by atoms with van der Waals surface area (Å²) in [5, 5.41) is 5.67. The van der Waals surface area contributed by atoms with Crippen LogP contribution in [0.25, 0.3) is 11.1 Å². The van der Waals surface area contributed by atoms with Gasteiger partial charge in [0.05, 0.1) is 16.7 Å². The van der Waals surface area contributed by atoms with Gasteiger partial charge in [-0.05, 0) is 90.8 Å². The van der Waals surface area contributed by atoms with E-state index in [4.69, 9.17) is 18.9 Å². The van der Waals surface area contributed by atoms with Gasteiger partial charge < -0.3 is 34.3 Å². The molecule has 0 heterocycles. The lowest BCUT2D eigenvalue weighted by Crippen LogP contribution is -2.27. The second kappa shape index (κ2) is 18.2. The zero-order valence-electron chi connectivity index (χ0n) is 29.0. The van der Waals surface area contributed by atoms with E-state index in [-0.39, 0.29) is 35.5 Å². The number of carbonyl (C=O) groups excluding carboxylic acids is 6. The summed E-state index contributed by atoms with van der Waals surface area (Å²) in [5.74, 6) is -5.23. The Bertz CT molecular complexity index is 2030. The maximum Gasteiger partial charge on any atom is 0.490 e. The molecule has 0 saturated carbocycles. The maximum absolute atomic E-state index is 13.7. The number of benzene rings is 4. The predicted octanol–water partition coefficient (Wildman–Crippen LogP) is 6.62. The SMILES string of the molecule is CNc1ccc(Oc2ccc(NC(=O)c3cc(-c4ccc(C(=O)OCCOC(C)=O)c(C(C)=O)c4)ccc3C(=O)OCCOC(=O)C(F)(F)F)cc2)cc1. The molecule has 4 aromatic rings. The zero-order chi connectivity index (χ0) is 39.4. The number of rotatable bonds is 15. The summed E-state index contributed by atoms with van der Waals surface area (Å²) in [7, 11) is 1.78. The molecule has 0 fully saturated rings. The normalized spacial score (nSPS) is 10.8. The third kappa shape index (κ3) is 11.1. The Morgan fingerprint density at radius 2 is 1.04 bits per heavy atom. The number of Topliss-reactive ketones (excluding diaryl/α,β-unsaturated/α-hetero) is 1. The molecule has 0 unspecified atom stereocenters. The van der Waals surface area contributed by atoms with Crippen molar-refractivity contribution >= 4 is 46.9 Å². The van der Waals surface area contributed by atoms with Crippen molar-refractivity contribution in [1.82, 2.24) is 0 Å². The van der Waals surface area contributed by atoms with E-state index in [1.165, 1.54) is 50.2 Å². The third-order valence-corrected chi connectivity index (χ3v) is 7.33. The van der Waals surface area contributed by atoms with E-state index < -0.39 is 55.0 Å². The highest BCUT2D eigenvalue weighted by Crippen LogP contribution is 2.29. The van der Waals surface area contributed by atoms with Gasteiger partial charge in [0.2, 0.25) is 0 Å². The first-order chi connectivity index (χ1) is 25.7. The minimum atomic E-state index is -5.24. The van der Waals surface area contributed by atoms with Gasteiger partial charge in [-0.15, -0.1) is 0 Å². The van der Waals surface area contributed by atoms with Gasteiger partial charge in [0, 0.05) is 30.9 Å². The van der Waals surface area contributed by atoms with E-state index >= 15 is 0 Å². The van der Waals surface area contributed by atoms with Crippen molar-refractivity contribution in [2.75, 3.05) is 44.1 Å². The molecule has 54 heavy (non-hydrogen) atoms. The van der Waals surface area contributed by atoms with Crippen LogP contribution >= 0.6 is 0 Å². The maximum atomic E-state index is 13.7. The summed E-state index contributed by atoms with van der Waals surface area (Å²) in [4.78, 5) is 74.0. The van der Waals surface area contributed by atoms with Gasteiger partial charge in [-0.2, -0.15) is 13.2 Å². The molecule has 282 valence electrons. The number of hydrogen-bond donors (Lipinski definition) is 2. The van der Waals surface area contributed by atoms with Crippen molar-refractivity contribution in [2.45, 2.75) is 20.0 Å². The third-order valence-electron chi connectivity index (χ3n) is 7.33. The number of carbonyl (C=O) groups is 6. The molecule has 0 atom stereocenters. The highest BCUT2D eigenvalue weighted by molar-refractivity contribution is 6.12. The van der Waals surface area contributed by atoms with E-state index in [1.807, 2.05) is 12.1 Å². The molecule has 1 amide bonds. The number of alkyl halides is 3. The smallest absolute Gasteiger partial charge is 0.462 e. The molecule has 0 saturated heterocycles. The summed E-state index contributed by atoms with van der Waals surface area (Å²) in [6.07, 6.45) is -5.24. The lowest BCUT2D eigenvalue weighted by molar-refractivity contribution is -0.200. The van der Waals surface area contributed by atoms with Crippen LogP contribution in [0.2, 0.25) is 0 Å². The van der Waals surface area contributed by atoms with Crippen LogP contribution in [0.1, 0.15) is 55.3 Å². The Hall–Kier alpha value is -6.71. The van der Waals surface area contributed by atoms with Crippen LogP contribution in [0, 0.1) is 0 Å². The molecular weight excluding hydrogens is 717 g/mol. The number of halogens is 3. The number of ketones is 1. The Balaban J connectivity index is 1.59. The summed E-state index contributed by atoms with van der Waals surface area (Å²) < 4.78 is 62.2. The number of esters is 4. The molecule has 0 aliphatic carbocycles. The van der Waals surface area contributed by atoms with Crippen molar-refractivity contribution in [2.24, 2.45) is 0 Å². The van der Waals surface area contributed by atoms with Crippen molar-refractivity contribution in [1.29, 1.82) is 0 Å². The Morgan fingerprint density at radius 1 is 0.574 bits per heavy atom. The standard InChI is InChI=1S/C38H33F3N2O11/c1-22(44)32-20-24(4-14-30(32)35(47)51-17-16-50-23(2)45)25-5-15-31(36(48)52-18-19-53-37(49)38(39,40)41)33(21-25)34(46)43-27-8-12-29(13-9-27)54-28-10-6-26(42-3)7-11-28/h4-15,20-21,42H,16-19H2,1-3H3,(H,43,46). The number of anilines is 2. The second-order valence-corrected chi connectivity index (χ2v) is 11.2. The number of ether oxygens (including phenoxy) is 5. The summed E-state index contributed by atoms with van der Waals surface area (Å²) >= 11 is 0. The van der Waals surface area contributed by atoms with Crippen LogP contribution in [0.5, 0.6) is 11.5 Å². The van der Waals surface area contributed by atoms with Crippen LogP contribution in [0.3, 0.4) is 0 Å². The lowest BCUT2D eigenvalue weighted by atomic mass is 9.94. The Kier molecular flexibility index (Phi) is 13.5. The van der Waals surface area contributed by atoms with Crippen LogP contribution in [-0.2, 0) is 28.5 Å². The van der Waals surface area contributed by atoms with Gasteiger partial charge in [0.1, 0.15) is 37.9 Å². The molecule has 2 N–H and O–H groups in total. The van der Waals surface area contributed by atoms with Crippen molar-refractivity contribution in [3.8, 4) is 22.6 Å². The van der Waals surface area contributed by atoms with E-state index in [9.17, 15) is 41.9 Å². The average Bonchev–Trinajstić information content (AvgIpc) is 3.14. The van der Waals surface area contributed by atoms with E-state index in [1.54, 1.807) is 43.4 Å². The van der Waals surface area contributed by atoms with Crippen LogP contribution in [0.15, 0.2) is 84.9 Å². The molecule has 0 aliphatic heterocycles. The number of amides is 1. The van der Waals surface area contributed by atoms with E-state index in [0.29, 0.717) is 28.3 Å². The Morgan fingerprint density at radius 3 is 1.52 bits per heavy atom. The van der Waals surface area contributed by atoms with Gasteiger partial charge in [-0.1, -0.05) is 12.1 Å². The zero-order valence-corrected chi connectivity index (χ0v) is 29.0. The minimum absolute atomic E-state index is 0.0202. The highest BCUT2D eigenvalue weighted by atomic mass is 19.4. The number of hydrogen-bond acceptors (Lipinski definition) is 12. The van der Waals surface area contributed by atoms with E-state index in [2.05, 4.69) is 15.4 Å². The van der Waals surface area contributed by atoms with Gasteiger partial charge >= 0.3 is 30.1 Å². The van der Waals surface area contributed by atoms with Crippen LogP contribution < -0.4 is 15.4 Å². The molecule has 13 nitrogen and oxygen atoms in total. The average molecular weight is 751 g/mol. The van der Waals surface area contributed by atoms with Crippen molar-refractivity contribution in [3.05, 3.63) is 107 Å². The molecule has 4 aromatic carbocycles. The summed E-state index contributed by atoms with van der Waals surface area (Å²) in [6.45, 7) is 0.344. The van der Waals surface area contributed by atoms with Gasteiger partial charge in [0.15, 0.2) is 5.78 Å². The second-order valence-electron chi connectivity index (χ2n) is 11.2. The highest BCUT2D eigenvalue weighted by Gasteiger charge is 2.40. The molecule has 0 radical (unpaired) electrons. The largest absolute Gasteiger partial charge is 0.490 e. The predicted molar refractivity (Wildman–Crippen MR) is 187 cm³/mol. The molecule has 0 aliphatic rings. The Labute approximate surface area is 306 Å². The summed E-state index contributed by atoms with van der Waals surface area (Å²) in [6, 6.07) is 21.7. The summed E-state index contributed by atoms with van der Waals surface area (Å²) in [5.41, 5.74) is 1.26. The van der Waals surface area contributed by atoms with Gasteiger partial charge in [0.25, 0.3) is 5.91 Å². The monoisotopic (exact) mass is 750 g/mol. The van der Waals surface area contributed by atoms with Crippen molar-refractivity contribution < 1.29 is 65.6 Å². The van der Waals surface area contributed by atoms with Crippen LogP contribution in [-0.4, -0.2) is 75.2 Å². The van der Waals surface area contributed by atoms with E-state index in [0.717, 1.165) is 5.69 Å². The van der Waals surface area contributed by atoms with Crippen molar-refractivity contribution in [3.63, 3.8) is 0 Å².